The van der Waals surface area contributed by atoms with Crippen LogP contribution in [-0.2, 0) is 9.53 Å². The summed E-state index contributed by atoms with van der Waals surface area (Å²) in [6, 6.07) is 3.41. The van der Waals surface area contributed by atoms with E-state index < -0.39 is 41.1 Å². The highest BCUT2D eigenvalue weighted by molar-refractivity contribution is 5.74. The maximum Gasteiger partial charge on any atom is 0.410 e. The first-order chi connectivity index (χ1) is 11.1. The second kappa shape index (κ2) is 6.75. The third-order valence-electron chi connectivity index (χ3n) is 3.95. The molecule has 24 heavy (non-hydrogen) atoms. The van der Waals surface area contributed by atoms with E-state index in [0.29, 0.717) is 18.5 Å². The van der Waals surface area contributed by atoms with E-state index >= 15 is 0 Å². The Labute approximate surface area is 139 Å². The third-order valence-corrected chi connectivity index (χ3v) is 3.95. The Kier molecular flexibility index (Phi) is 5.11. The number of hydrogen-bond acceptors (Lipinski definition) is 3. The van der Waals surface area contributed by atoms with Crippen molar-refractivity contribution in [3.05, 3.63) is 35.4 Å². The molecule has 5 nitrogen and oxygen atoms in total. The van der Waals surface area contributed by atoms with Gasteiger partial charge in [-0.1, -0.05) is 6.07 Å². The van der Waals surface area contributed by atoms with Crippen molar-refractivity contribution < 1.29 is 28.2 Å². The number of nitrogens with zero attached hydrogens (tertiary/aromatic N) is 1. The van der Waals surface area contributed by atoms with Gasteiger partial charge < -0.3 is 14.7 Å². The number of rotatable bonds is 2. The number of aliphatic carboxylic acids is 1. The van der Waals surface area contributed by atoms with Crippen LogP contribution in [0.2, 0.25) is 0 Å². The second-order valence-corrected chi connectivity index (χ2v) is 6.94. The second-order valence-electron chi connectivity index (χ2n) is 6.94. The van der Waals surface area contributed by atoms with Crippen molar-refractivity contribution in [2.45, 2.75) is 38.7 Å². The summed E-state index contributed by atoms with van der Waals surface area (Å²) in [5, 5.41) is 9.48. The minimum absolute atomic E-state index is 0.0338. The van der Waals surface area contributed by atoms with Gasteiger partial charge in [-0.15, -0.1) is 0 Å². The van der Waals surface area contributed by atoms with Gasteiger partial charge in [0.05, 0.1) is 5.92 Å². The van der Waals surface area contributed by atoms with Gasteiger partial charge in [-0.05, 0) is 44.9 Å². The number of amides is 1. The number of carbonyl (C=O) groups excluding carboxylic acids is 1. The fraction of sp³-hybridized carbons (Fsp3) is 0.529. The molecule has 7 heteroatoms. The van der Waals surface area contributed by atoms with Gasteiger partial charge >= 0.3 is 12.1 Å². The zero-order valence-corrected chi connectivity index (χ0v) is 13.9. The van der Waals surface area contributed by atoms with Crippen LogP contribution < -0.4 is 0 Å². The molecule has 1 amide bonds. The van der Waals surface area contributed by atoms with Gasteiger partial charge in [0.1, 0.15) is 5.60 Å². The minimum atomic E-state index is -1.09. The third kappa shape index (κ3) is 4.21. The molecule has 0 spiro atoms. The molecule has 1 saturated heterocycles. The molecule has 1 aliphatic heterocycles. The van der Waals surface area contributed by atoms with E-state index in [2.05, 4.69) is 0 Å². The normalized spacial score (nSPS) is 21.5. The maximum atomic E-state index is 13.4. The highest BCUT2D eigenvalue weighted by Crippen LogP contribution is 2.34. The van der Waals surface area contributed by atoms with Gasteiger partial charge in [-0.2, -0.15) is 0 Å². The van der Waals surface area contributed by atoms with Crippen molar-refractivity contribution in [2.75, 3.05) is 13.1 Å². The Bertz CT molecular complexity index is 642. The fourth-order valence-electron chi connectivity index (χ4n) is 2.84. The van der Waals surface area contributed by atoms with Crippen molar-refractivity contribution in [3.63, 3.8) is 0 Å². The van der Waals surface area contributed by atoms with E-state index in [9.17, 15) is 23.5 Å². The lowest BCUT2D eigenvalue weighted by Gasteiger charge is -2.37. The standard InChI is InChI=1S/C17H21F2NO4/c1-17(2,3)24-16(23)20-7-6-11(12(9-20)15(21)22)10-4-5-13(18)14(19)8-10/h4-5,8,11-12H,6-7,9H2,1-3H3,(H,21,22)/t11-,12+/m1/s1. The number of likely N-dealkylation sites (tertiary alicyclic amines) is 1. The first-order valence-electron chi connectivity index (χ1n) is 7.74. The van der Waals surface area contributed by atoms with Crippen molar-refractivity contribution in [1.82, 2.24) is 4.90 Å². The molecular formula is C17H21F2NO4. The van der Waals surface area contributed by atoms with Crippen molar-refractivity contribution in [3.8, 4) is 0 Å². The highest BCUT2D eigenvalue weighted by Gasteiger charge is 2.38. The van der Waals surface area contributed by atoms with Crippen LogP contribution in [0.4, 0.5) is 13.6 Å². The number of benzene rings is 1. The molecule has 1 aromatic carbocycles. The Morgan fingerprint density at radius 3 is 2.46 bits per heavy atom. The molecule has 0 bridgehead atoms. The van der Waals surface area contributed by atoms with Gasteiger partial charge in [0, 0.05) is 19.0 Å². The van der Waals surface area contributed by atoms with E-state index in [0.717, 1.165) is 12.1 Å². The molecule has 1 fully saturated rings. The molecule has 0 aromatic heterocycles. The van der Waals surface area contributed by atoms with Crippen molar-refractivity contribution >= 4 is 12.1 Å². The summed E-state index contributed by atoms with van der Waals surface area (Å²) in [4.78, 5) is 25.1. The lowest BCUT2D eigenvalue weighted by atomic mass is 9.80. The lowest BCUT2D eigenvalue weighted by molar-refractivity contribution is -0.144. The average molecular weight is 341 g/mol. The number of carbonyl (C=O) groups is 2. The fourth-order valence-corrected chi connectivity index (χ4v) is 2.84. The maximum absolute atomic E-state index is 13.4. The van der Waals surface area contributed by atoms with Crippen LogP contribution in [0.5, 0.6) is 0 Å². The first-order valence-corrected chi connectivity index (χ1v) is 7.74. The van der Waals surface area contributed by atoms with Crippen LogP contribution in [0.15, 0.2) is 18.2 Å². The van der Waals surface area contributed by atoms with E-state index in [1.165, 1.54) is 11.0 Å². The lowest BCUT2D eigenvalue weighted by Crippen LogP contribution is -2.47. The molecule has 1 aromatic rings. The van der Waals surface area contributed by atoms with Crippen LogP contribution in [-0.4, -0.2) is 40.8 Å². The summed E-state index contributed by atoms with van der Waals surface area (Å²) < 4.78 is 31.8. The topological polar surface area (TPSA) is 66.8 Å². The smallest absolute Gasteiger partial charge is 0.410 e. The van der Waals surface area contributed by atoms with Crippen molar-refractivity contribution in [2.24, 2.45) is 5.92 Å². The summed E-state index contributed by atoms with van der Waals surface area (Å²) in [6.07, 6.45) is -0.237. The van der Waals surface area contributed by atoms with Crippen molar-refractivity contribution in [1.29, 1.82) is 0 Å². The quantitative estimate of drug-likeness (QED) is 0.895. The van der Waals surface area contributed by atoms with Crippen LogP contribution in [0.1, 0.15) is 38.7 Å². The zero-order valence-electron chi connectivity index (χ0n) is 13.9. The summed E-state index contributed by atoms with van der Waals surface area (Å²) in [6.45, 7) is 5.45. The number of carboxylic acids is 1. The number of halogens is 2. The van der Waals surface area contributed by atoms with Gasteiger partial charge in [-0.3, -0.25) is 4.79 Å². The SMILES string of the molecule is CC(C)(C)OC(=O)N1CC[C@H](c2ccc(F)c(F)c2)[C@@H](C(=O)O)C1. The molecule has 132 valence electrons. The summed E-state index contributed by atoms with van der Waals surface area (Å²) in [5.41, 5.74) is -0.252. The number of piperidine rings is 1. The van der Waals surface area contributed by atoms with Crippen LogP contribution in [0.25, 0.3) is 0 Å². The molecule has 0 unspecified atom stereocenters. The molecule has 1 heterocycles. The Morgan fingerprint density at radius 1 is 1.25 bits per heavy atom. The summed E-state index contributed by atoms with van der Waals surface area (Å²) in [7, 11) is 0. The van der Waals surface area contributed by atoms with Crippen LogP contribution in [0.3, 0.4) is 0 Å². The number of hydrogen-bond donors (Lipinski definition) is 1. The largest absolute Gasteiger partial charge is 0.481 e. The van der Waals surface area contributed by atoms with E-state index in [1.807, 2.05) is 0 Å². The minimum Gasteiger partial charge on any atom is -0.481 e. The van der Waals surface area contributed by atoms with E-state index in [4.69, 9.17) is 4.74 Å². The van der Waals surface area contributed by atoms with Crippen LogP contribution in [0, 0.1) is 17.6 Å². The number of carboxylic acid groups (broad SMARTS) is 1. The monoisotopic (exact) mass is 341 g/mol. The molecule has 1 N–H and O–H groups in total. The predicted molar refractivity (Wildman–Crippen MR) is 82.6 cm³/mol. The molecule has 1 aliphatic rings. The van der Waals surface area contributed by atoms with Gasteiger partial charge in [-0.25, -0.2) is 13.6 Å². The molecular weight excluding hydrogens is 320 g/mol. The Hall–Kier alpha value is -2.18. The molecule has 0 saturated carbocycles. The van der Waals surface area contributed by atoms with Gasteiger partial charge in [0.2, 0.25) is 0 Å². The molecule has 0 aliphatic carbocycles. The van der Waals surface area contributed by atoms with E-state index in [-0.39, 0.29) is 6.54 Å². The summed E-state index contributed by atoms with van der Waals surface area (Å²) >= 11 is 0. The highest BCUT2D eigenvalue weighted by atomic mass is 19.2. The molecule has 2 rings (SSSR count). The summed E-state index contributed by atoms with van der Waals surface area (Å²) in [5.74, 6) is -4.46. The molecule has 2 atom stereocenters. The van der Waals surface area contributed by atoms with Gasteiger partial charge in [0.15, 0.2) is 11.6 Å². The van der Waals surface area contributed by atoms with Crippen LogP contribution >= 0.6 is 0 Å². The number of ether oxygens (including phenoxy) is 1. The zero-order chi connectivity index (χ0) is 18.1. The Morgan fingerprint density at radius 2 is 1.92 bits per heavy atom. The average Bonchev–Trinajstić information content (AvgIpc) is 2.47. The molecule has 0 radical (unpaired) electrons. The Balaban J connectivity index is 2.18. The van der Waals surface area contributed by atoms with E-state index in [1.54, 1.807) is 20.8 Å². The predicted octanol–water partition coefficient (Wildman–Crippen LogP) is 3.39. The van der Waals surface area contributed by atoms with Gasteiger partial charge in [0.25, 0.3) is 0 Å². The first kappa shape index (κ1) is 18.2.